The molecular formula is C12H23NO4S. The molecule has 0 aliphatic carbocycles. The molecule has 1 heterocycles. The monoisotopic (exact) mass is 277 g/mol. The molecule has 5 nitrogen and oxygen atoms in total. The summed E-state index contributed by atoms with van der Waals surface area (Å²) in [6.07, 6.45) is 1.49. The van der Waals surface area contributed by atoms with E-state index in [0.717, 1.165) is 6.42 Å². The van der Waals surface area contributed by atoms with Crippen molar-refractivity contribution in [1.82, 2.24) is 5.32 Å². The van der Waals surface area contributed by atoms with Gasteiger partial charge >= 0.3 is 5.97 Å². The van der Waals surface area contributed by atoms with Gasteiger partial charge in [0.05, 0.1) is 18.1 Å². The van der Waals surface area contributed by atoms with E-state index in [1.165, 1.54) is 0 Å². The van der Waals surface area contributed by atoms with Crippen LogP contribution in [0.25, 0.3) is 0 Å². The number of hydrogen-bond donors (Lipinski definition) is 1. The standard InChI is InChI=1S/C12H23NO4S/c1-4-10(3)13-12(11(14)17-5-2)6-8-18(15,16)9-7-12/h10,13H,4-9H2,1-3H3. The molecule has 106 valence electrons. The van der Waals surface area contributed by atoms with Crippen LogP contribution in [0.5, 0.6) is 0 Å². The number of sulfone groups is 1. The number of ether oxygens (including phenoxy) is 1. The summed E-state index contributed by atoms with van der Waals surface area (Å²) in [7, 11) is -2.99. The van der Waals surface area contributed by atoms with Crippen LogP contribution in [-0.2, 0) is 19.4 Å². The molecule has 6 heteroatoms. The Labute approximate surface area is 109 Å². The van der Waals surface area contributed by atoms with E-state index in [0.29, 0.717) is 19.4 Å². The van der Waals surface area contributed by atoms with E-state index in [1.54, 1.807) is 6.92 Å². The van der Waals surface area contributed by atoms with Gasteiger partial charge < -0.3 is 4.74 Å². The second kappa shape index (κ2) is 6.02. The molecular weight excluding hydrogens is 254 g/mol. The lowest BCUT2D eigenvalue weighted by Gasteiger charge is -2.37. The summed E-state index contributed by atoms with van der Waals surface area (Å²) in [5, 5.41) is 3.27. The lowest BCUT2D eigenvalue weighted by atomic mass is 9.91. The van der Waals surface area contributed by atoms with Crippen molar-refractivity contribution in [3.05, 3.63) is 0 Å². The fourth-order valence-electron chi connectivity index (χ4n) is 2.14. The number of nitrogens with one attached hydrogen (secondary N) is 1. The van der Waals surface area contributed by atoms with Crippen LogP contribution >= 0.6 is 0 Å². The van der Waals surface area contributed by atoms with E-state index in [9.17, 15) is 13.2 Å². The highest BCUT2D eigenvalue weighted by Gasteiger charge is 2.45. The number of carbonyl (C=O) groups is 1. The Hall–Kier alpha value is -0.620. The van der Waals surface area contributed by atoms with Gasteiger partial charge in [-0.3, -0.25) is 10.1 Å². The molecule has 0 aromatic carbocycles. The summed E-state index contributed by atoms with van der Waals surface area (Å²) in [4.78, 5) is 12.1. The number of carbonyl (C=O) groups excluding carboxylic acids is 1. The number of rotatable bonds is 5. The van der Waals surface area contributed by atoms with Gasteiger partial charge in [-0.2, -0.15) is 0 Å². The molecule has 0 saturated carbocycles. The number of hydrogen-bond acceptors (Lipinski definition) is 5. The van der Waals surface area contributed by atoms with Gasteiger partial charge in [0.2, 0.25) is 0 Å². The van der Waals surface area contributed by atoms with E-state index in [1.807, 2.05) is 13.8 Å². The van der Waals surface area contributed by atoms with E-state index in [-0.39, 0.29) is 23.5 Å². The largest absolute Gasteiger partial charge is 0.465 e. The number of esters is 1. The molecule has 1 rings (SSSR count). The second-order valence-corrected chi connectivity index (χ2v) is 7.21. The molecule has 0 aromatic rings. The molecule has 1 N–H and O–H groups in total. The Morgan fingerprint density at radius 1 is 1.33 bits per heavy atom. The highest BCUT2D eigenvalue weighted by atomic mass is 32.2. The third kappa shape index (κ3) is 3.68. The first-order chi connectivity index (χ1) is 8.35. The minimum Gasteiger partial charge on any atom is -0.465 e. The highest BCUT2D eigenvalue weighted by molar-refractivity contribution is 7.91. The maximum Gasteiger partial charge on any atom is 0.326 e. The third-order valence-electron chi connectivity index (χ3n) is 3.48. The van der Waals surface area contributed by atoms with Crippen LogP contribution in [0, 0.1) is 0 Å². The van der Waals surface area contributed by atoms with Crippen LogP contribution in [0.1, 0.15) is 40.0 Å². The SMILES string of the molecule is CCOC(=O)C1(NC(C)CC)CCS(=O)(=O)CC1. The molecule has 0 spiro atoms. The fourth-order valence-corrected chi connectivity index (χ4v) is 3.66. The minimum absolute atomic E-state index is 0.0508. The average molecular weight is 277 g/mol. The van der Waals surface area contributed by atoms with Gasteiger partial charge in [-0.25, -0.2) is 8.42 Å². The Bertz CT molecular complexity index is 377. The fraction of sp³-hybridized carbons (Fsp3) is 0.917. The van der Waals surface area contributed by atoms with Gasteiger partial charge in [-0.1, -0.05) is 6.92 Å². The van der Waals surface area contributed by atoms with Crippen LogP contribution < -0.4 is 5.32 Å². The summed E-state index contributed by atoms with van der Waals surface area (Å²) in [5.74, 6) is -0.218. The van der Waals surface area contributed by atoms with Crippen LogP contribution in [0.4, 0.5) is 0 Å². The zero-order valence-electron chi connectivity index (χ0n) is 11.4. The molecule has 1 aliphatic heterocycles. The van der Waals surface area contributed by atoms with E-state index >= 15 is 0 Å². The summed E-state index contributed by atoms with van der Waals surface area (Å²) in [6, 6.07) is 0.162. The van der Waals surface area contributed by atoms with Crippen LogP contribution in [-0.4, -0.2) is 44.1 Å². The Morgan fingerprint density at radius 3 is 2.33 bits per heavy atom. The lowest BCUT2D eigenvalue weighted by molar-refractivity contribution is -0.152. The van der Waals surface area contributed by atoms with Crippen molar-refractivity contribution in [2.24, 2.45) is 0 Å². The van der Waals surface area contributed by atoms with Crippen molar-refractivity contribution in [3.63, 3.8) is 0 Å². The first kappa shape index (κ1) is 15.4. The Balaban J connectivity index is 2.86. The van der Waals surface area contributed by atoms with E-state index < -0.39 is 15.4 Å². The molecule has 1 atom stereocenters. The maximum atomic E-state index is 12.1. The molecule has 1 aliphatic rings. The van der Waals surface area contributed by atoms with E-state index in [4.69, 9.17) is 4.74 Å². The van der Waals surface area contributed by atoms with Crippen molar-refractivity contribution in [1.29, 1.82) is 0 Å². The summed E-state index contributed by atoms with van der Waals surface area (Å²) in [5.41, 5.74) is -0.823. The second-order valence-electron chi connectivity index (χ2n) is 4.91. The van der Waals surface area contributed by atoms with Gasteiger partial charge in [0.1, 0.15) is 15.4 Å². The predicted molar refractivity (Wildman–Crippen MR) is 70.1 cm³/mol. The van der Waals surface area contributed by atoms with Crippen molar-refractivity contribution >= 4 is 15.8 Å². The topological polar surface area (TPSA) is 72.5 Å². The Kier molecular flexibility index (Phi) is 5.16. The van der Waals surface area contributed by atoms with Crippen molar-refractivity contribution < 1.29 is 17.9 Å². The smallest absolute Gasteiger partial charge is 0.326 e. The molecule has 0 radical (unpaired) electrons. The third-order valence-corrected chi connectivity index (χ3v) is 5.13. The molecule has 0 bridgehead atoms. The first-order valence-electron chi connectivity index (χ1n) is 6.50. The Morgan fingerprint density at radius 2 is 1.89 bits per heavy atom. The van der Waals surface area contributed by atoms with Gasteiger partial charge in [-0.15, -0.1) is 0 Å². The summed E-state index contributed by atoms with van der Waals surface area (Å²) in [6.45, 7) is 6.09. The van der Waals surface area contributed by atoms with Gasteiger partial charge in [0, 0.05) is 6.04 Å². The van der Waals surface area contributed by atoms with Gasteiger partial charge in [-0.05, 0) is 33.1 Å². The van der Waals surface area contributed by atoms with Crippen molar-refractivity contribution in [2.45, 2.75) is 51.6 Å². The molecule has 0 aromatic heterocycles. The van der Waals surface area contributed by atoms with Crippen LogP contribution in [0.15, 0.2) is 0 Å². The molecule has 0 amide bonds. The lowest BCUT2D eigenvalue weighted by Crippen LogP contribution is -2.59. The zero-order chi connectivity index (χ0) is 13.8. The van der Waals surface area contributed by atoms with Crippen LogP contribution in [0.2, 0.25) is 0 Å². The summed E-state index contributed by atoms with van der Waals surface area (Å²) < 4.78 is 28.1. The molecule has 1 fully saturated rings. The average Bonchev–Trinajstić information content (AvgIpc) is 2.32. The van der Waals surface area contributed by atoms with Crippen molar-refractivity contribution in [2.75, 3.05) is 18.1 Å². The molecule has 1 saturated heterocycles. The highest BCUT2D eigenvalue weighted by Crippen LogP contribution is 2.26. The molecule has 18 heavy (non-hydrogen) atoms. The molecule has 1 unspecified atom stereocenters. The predicted octanol–water partition coefficient (Wildman–Crippen LogP) is 0.885. The van der Waals surface area contributed by atoms with Crippen molar-refractivity contribution in [3.8, 4) is 0 Å². The minimum atomic E-state index is -2.99. The first-order valence-corrected chi connectivity index (χ1v) is 8.32. The van der Waals surface area contributed by atoms with Gasteiger partial charge in [0.25, 0.3) is 0 Å². The summed E-state index contributed by atoms with van der Waals surface area (Å²) >= 11 is 0. The maximum absolute atomic E-state index is 12.1. The van der Waals surface area contributed by atoms with Gasteiger partial charge in [0.15, 0.2) is 0 Å². The van der Waals surface area contributed by atoms with E-state index in [2.05, 4.69) is 5.32 Å². The zero-order valence-corrected chi connectivity index (χ0v) is 12.2. The quantitative estimate of drug-likeness (QED) is 0.755. The normalized spacial score (nSPS) is 23.3. The van der Waals surface area contributed by atoms with Crippen LogP contribution in [0.3, 0.4) is 0 Å².